The minimum atomic E-state index is 0.0284. The molecule has 0 spiro atoms. The van der Waals surface area contributed by atoms with Crippen LogP contribution in [0.1, 0.15) is 22.9 Å². The van der Waals surface area contributed by atoms with Crippen LogP contribution >= 0.6 is 0 Å². The van der Waals surface area contributed by atoms with Crippen molar-refractivity contribution in [3.63, 3.8) is 0 Å². The summed E-state index contributed by atoms with van der Waals surface area (Å²) >= 11 is 0. The molecule has 0 radical (unpaired) electrons. The Morgan fingerprint density at radius 3 is 1.85 bits per heavy atom. The quantitative estimate of drug-likeness (QED) is 0.680. The number of nitrogens with one attached hydrogen (secondary N) is 1. The van der Waals surface area contributed by atoms with Gasteiger partial charge in [0.1, 0.15) is 0 Å². The van der Waals surface area contributed by atoms with Crippen LogP contribution < -0.4 is 0 Å². The van der Waals surface area contributed by atoms with Crippen molar-refractivity contribution in [2.45, 2.75) is 6.04 Å². The third-order valence-electron chi connectivity index (χ3n) is 3.22. The average molecular weight is 260 g/mol. The van der Waals surface area contributed by atoms with Crippen LogP contribution in [0.15, 0.2) is 84.0 Å². The molecule has 1 N–H and O–H groups in total. The molecule has 98 valence electrons. The summed E-state index contributed by atoms with van der Waals surface area (Å²) in [5, 5.41) is 0. The Labute approximate surface area is 118 Å². The molecule has 2 nitrogen and oxygen atoms in total. The molecule has 3 aromatic rings. The van der Waals surface area contributed by atoms with E-state index in [1.165, 1.54) is 11.1 Å². The molecule has 1 aromatic heterocycles. The lowest BCUT2D eigenvalue weighted by Crippen LogP contribution is -1.98. The molecule has 0 unspecified atom stereocenters. The largest absolute Gasteiger partial charge is 0.360 e. The van der Waals surface area contributed by atoms with Crippen molar-refractivity contribution in [3.8, 4) is 0 Å². The van der Waals surface area contributed by atoms with E-state index in [1.54, 1.807) is 0 Å². The highest BCUT2D eigenvalue weighted by Gasteiger charge is 2.11. The van der Waals surface area contributed by atoms with Gasteiger partial charge in [-0.15, -0.1) is 0 Å². The second kappa shape index (κ2) is 6.02. The first-order valence-corrected chi connectivity index (χ1v) is 6.70. The highest BCUT2D eigenvalue weighted by Crippen LogP contribution is 2.25. The second-order valence-electron chi connectivity index (χ2n) is 4.63. The van der Waals surface area contributed by atoms with E-state index in [4.69, 9.17) is 4.99 Å². The van der Waals surface area contributed by atoms with Crippen LogP contribution in [-0.2, 0) is 0 Å². The lowest BCUT2D eigenvalue weighted by atomic mass is 9.99. The highest BCUT2D eigenvalue weighted by atomic mass is 14.8. The van der Waals surface area contributed by atoms with Gasteiger partial charge in [-0.1, -0.05) is 60.7 Å². The zero-order valence-electron chi connectivity index (χ0n) is 11.1. The maximum absolute atomic E-state index is 4.75. The number of rotatable bonds is 4. The Morgan fingerprint density at radius 1 is 0.750 bits per heavy atom. The Hall–Kier alpha value is -2.61. The number of nitrogens with zero attached hydrogens (tertiary/aromatic N) is 1. The van der Waals surface area contributed by atoms with Crippen molar-refractivity contribution in [3.05, 3.63) is 95.8 Å². The predicted molar refractivity (Wildman–Crippen MR) is 83.1 cm³/mol. The summed E-state index contributed by atoms with van der Waals surface area (Å²) in [5.41, 5.74) is 3.41. The van der Waals surface area contributed by atoms with E-state index in [0.717, 1.165) is 5.69 Å². The topological polar surface area (TPSA) is 28.1 Å². The number of aromatic nitrogens is 1. The Kier molecular flexibility index (Phi) is 3.74. The van der Waals surface area contributed by atoms with Gasteiger partial charge in [0.05, 0.1) is 11.7 Å². The van der Waals surface area contributed by atoms with Gasteiger partial charge >= 0.3 is 0 Å². The van der Waals surface area contributed by atoms with Crippen LogP contribution in [0.5, 0.6) is 0 Å². The third kappa shape index (κ3) is 2.86. The molecule has 0 saturated heterocycles. The molecular weight excluding hydrogens is 244 g/mol. The van der Waals surface area contributed by atoms with Crippen LogP contribution in [0.2, 0.25) is 0 Å². The monoisotopic (exact) mass is 260 g/mol. The van der Waals surface area contributed by atoms with Crippen LogP contribution in [0.3, 0.4) is 0 Å². The zero-order chi connectivity index (χ0) is 13.6. The van der Waals surface area contributed by atoms with Crippen molar-refractivity contribution < 1.29 is 0 Å². The summed E-state index contributed by atoms with van der Waals surface area (Å²) in [7, 11) is 0. The van der Waals surface area contributed by atoms with Gasteiger partial charge in [-0.05, 0) is 23.3 Å². The van der Waals surface area contributed by atoms with Crippen molar-refractivity contribution in [2.75, 3.05) is 0 Å². The normalized spacial score (nSPS) is 11.2. The van der Waals surface area contributed by atoms with Crippen LogP contribution in [-0.4, -0.2) is 11.2 Å². The van der Waals surface area contributed by atoms with E-state index in [2.05, 4.69) is 53.5 Å². The second-order valence-corrected chi connectivity index (χ2v) is 4.63. The zero-order valence-corrected chi connectivity index (χ0v) is 11.1. The molecular formula is C18H16N2. The van der Waals surface area contributed by atoms with Crippen molar-refractivity contribution >= 4 is 6.21 Å². The maximum atomic E-state index is 4.75. The number of benzene rings is 2. The predicted octanol–water partition coefficient (Wildman–Crippen LogP) is 4.22. The van der Waals surface area contributed by atoms with Gasteiger partial charge in [0.25, 0.3) is 0 Å². The number of hydrogen-bond donors (Lipinski definition) is 1. The summed E-state index contributed by atoms with van der Waals surface area (Å²) in [6.07, 6.45) is 3.80. The van der Waals surface area contributed by atoms with E-state index in [0.29, 0.717) is 0 Å². The minimum absolute atomic E-state index is 0.0284. The SMILES string of the molecule is C(=NC(c1ccccc1)c1ccccc1)c1ccc[nH]1. The fourth-order valence-electron chi connectivity index (χ4n) is 2.21. The molecule has 1 heterocycles. The van der Waals surface area contributed by atoms with Gasteiger partial charge in [-0.25, -0.2) is 0 Å². The lowest BCUT2D eigenvalue weighted by Gasteiger charge is -2.13. The van der Waals surface area contributed by atoms with E-state index in [1.807, 2.05) is 36.7 Å². The summed E-state index contributed by atoms with van der Waals surface area (Å²) < 4.78 is 0. The molecule has 0 aliphatic carbocycles. The molecule has 0 bridgehead atoms. The first kappa shape index (κ1) is 12.4. The number of H-pyrrole nitrogens is 1. The average Bonchev–Trinajstić information content (AvgIpc) is 3.03. The third-order valence-corrected chi connectivity index (χ3v) is 3.22. The molecule has 20 heavy (non-hydrogen) atoms. The lowest BCUT2D eigenvalue weighted by molar-refractivity contribution is 0.877. The summed E-state index contributed by atoms with van der Waals surface area (Å²) in [4.78, 5) is 7.90. The Morgan fingerprint density at radius 2 is 1.35 bits per heavy atom. The minimum Gasteiger partial charge on any atom is -0.360 e. The molecule has 0 aliphatic heterocycles. The summed E-state index contributed by atoms with van der Waals surface area (Å²) in [6, 6.07) is 24.7. The number of aromatic amines is 1. The summed E-state index contributed by atoms with van der Waals surface area (Å²) in [5.74, 6) is 0. The summed E-state index contributed by atoms with van der Waals surface area (Å²) in [6.45, 7) is 0. The first-order valence-electron chi connectivity index (χ1n) is 6.70. The Bertz CT molecular complexity index is 616. The molecule has 0 amide bonds. The molecule has 0 fully saturated rings. The van der Waals surface area contributed by atoms with Crippen LogP contribution in [0.25, 0.3) is 0 Å². The van der Waals surface area contributed by atoms with E-state index in [-0.39, 0.29) is 6.04 Å². The molecule has 0 atom stereocenters. The first-order chi connectivity index (χ1) is 9.93. The standard InChI is InChI=1S/C18H16N2/c1-3-8-15(9-4-1)18(16-10-5-2-6-11-16)20-14-17-12-7-13-19-17/h1-14,18-19H. The van der Waals surface area contributed by atoms with Gasteiger partial charge in [-0.2, -0.15) is 0 Å². The van der Waals surface area contributed by atoms with Crippen molar-refractivity contribution in [1.29, 1.82) is 0 Å². The number of hydrogen-bond acceptors (Lipinski definition) is 1. The molecule has 2 aromatic carbocycles. The highest BCUT2D eigenvalue weighted by molar-refractivity contribution is 5.77. The van der Waals surface area contributed by atoms with Crippen LogP contribution in [0.4, 0.5) is 0 Å². The number of aliphatic imine (C=N–C) groups is 1. The van der Waals surface area contributed by atoms with Crippen molar-refractivity contribution in [2.24, 2.45) is 4.99 Å². The van der Waals surface area contributed by atoms with E-state index in [9.17, 15) is 0 Å². The van der Waals surface area contributed by atoms with E-state index >= 15 is 0 Å². The fraction of sp³-hybridized carbons (Fsp3) is 0.0556. The van der Waals surface area contributed by atoms with Crippen LogP contribution in [0, 0.1) is 0 Å². The van der Waals surface area contributed by atoms with Gasteiger partial charge in [0, 0.05) is 12.4 Å². The molecule has 0 saturated carbocycles. The molecule has 3 rings (SSSR count). The maximum Gasteiger partial charge on any atom is 0.1000 e. The molecule has 0 aliphatic rings. The Balaban J connectivity index is 1.96. The van der Waals surface area contributed by atoms with Gasteiger partial charge in [0.15, 0.2) is 0 Å². The smallest absolute Gasteiger partial charge is 0.1000 e. The van der Waals surface area contributed by atoms with Gasteiger partial charge in [0.2, 0.25) is 0 Å². The molecule has 2 heteroatoms. The van der Waals surface area contributed by atoms with Gasteiger partial charge < -0.3 is 4.98 Å². The van der Waals surface area contributed by atoms with Gasteiger partial charge in [-0.3, -0.25) is 4.99 Å². The van der Waals surface area contributed by atoms with E-state index < -0.39 is 0 Å². The fourth-order valence-corrected chi connectivity index (χ4v) is 2.21. The van der Waals surface area contributed by atoms with Crippen molar-refractivity contribution in [1.82, 2.24) is 4.98 Å².